The molecular formula is C18H26N2O2. The highest BCUT2D eigenvalue weighted by Gasteiger charge is 2.39. The smallest absolute Gasteiger partial charge is 0.222 e. The number of rotatable bonds is 4. The van der Waals surface area contributed by atoms with Gasteiger partial charge in [-0.1, -0.05) is 18.6 Å². The first-order chi connectivity index (χ1) is 10.7. The summed E-state index contributed by atoms with van der Waals surface area (Å²) in [4.78, 5) is 14.5. The summed E-state index contributed by atoms with van der Waals surface area (Å²) in [6, 6.07) is 8.25. The monoisotopic (exact) mass is 302 g/mol. The number of methoxy groups -OCH3 is 1. The van der Waals surface area contributed by atoms with Crippen molar-refractivity contribution in [3.63, 3.8) is 0 Å². The third-order valence-corrected chi connectivity index (χ3v) is 5.29. The predicted octanol–water partition coefficient (Wildman–Crippen LogP) is 2.21. The van der Waals surface area contributed by atoms with Crippen LogP contribution in [-0.4, -0.2) is 37.0 Å². The number of ether oxygens (including phenoxy) is 1. The third kappa shape index (κ3) is 3.27. The van der Waals surface area contributed by atoms with Crippen molar-refractivity contribution in [2.24, 2.45) is 17.6 Å². The molecule has 3 rings (SSSR count). The van der Waals surface area contributed by atoms with Gasteiger partial charge in [-0.3, -0.25) is 4.79 Å². The van der Waals surface area contributed by atoms with Gasteiger partial charge in [0.2, 0.25) is 5.91 Å². The molecule has 0 aromatic heterocycles. The highest BCUT2D eigenvalue weighted by molar-refractivity contribution is 5.76. The van der Waals surface area contributed by atoms with Crippen LogP contribution in [0.5, 0.6) is 5.75 Å². The fraction of sp³-hybridized carbons (Fsp3) is 0.611. The quantitative estimate of drug-likeness (QED) is 0.928. The second-order valence-corrected chi connectivity index (χ2v) is 6.67. The van der Waals surface area contributed by atoms with Crippen LogP contribution in [0.3, 0.4) is 0 Å². The Hall–Kier alpha value is -1.55. The van der Waals surface area contributed by atoms with Crippen molar-refractivity contribution in [2.45, 2.75) is 38.1 Å². The molecule has 1 heterocycles. The number of nitrogens with two attached hydrogens (primary N) is 1. The highest BCUT2D eigenvalue weighted by Crippen LogP contribution is 2.35. The van der Waals surface area contributed by atoms with Crippen LogP contribution >= 0.6 is 0 Å². The topological polar surface area (TPSA) is 55.6 Å². The third-order valence-electron chi connectivity index (χ3n) is 5.29. The molecule has 1 aliphatic carbocycles. The van der Waals surface area contributed by atoms with E-state index in [9.17, 15) is 4.79 Å². The first-order valence-electron chi connectivity index (χ1n) is 8.33. The van der Waals surface area contributed by atoms with Crippen LogP contribution < -0.4 is 10.5 Å². The number of nitrogens with zero attached hydrogens (tertiary/aromatic N) is 1. The van der Waals surface area contributed by atoms with Gasteiger partial charge in [-0.05, 0) is 48.8 Å². The SMILES string of the molecule is COc1ccc(CCC(=O)N2CC3CCCC(N)C3C2)cc1. The minimum Gasteiger partial charge on any atom is -0.497 e. The summed E-state index contributed by atoms with van der Waals surface area (Å²) in [5.41, 5.74) is 7.41. The van der Waals surface area contributed by atoms with Crippen LogP contribution in [-0.2, 0) is 11.2 Å². The van der Waals surface area contributed by atoms with Crippen LogP contribution in [0.15, 0.2) is 24.3 Å². The number of amides is 1. The first-order valence-corrected chi connectivity index (χ1v) is 8.33. The molecule has 1 aliphatic heterocycles. The summed E-state index contributed by atoms with van der Waals surface area (Å²) in [5, 5.41) is 0. The Balaban J connectivity index is 1.52. The lowest BCUT2D eigenvalue weighted by atomic mass is 9.78. The molecule has 1 amide bonds. The van der Waals surface area contributed by atoms with Gasteiger partial charge in [0, 0.05) is 25.6 Å². The summed E-state index contributed by atoms with van der Waals surface area (Å²) in [5.74, 6) is 2.29. The molecule has 1 saturated carbocycles. The molecule has 0 bridgehead atoms. The average molecular weight is 302 g/mol. The Morgan fingerprint density at radius 3 is 2.73 bits per heavy atom. The fourth-order valence-electron chi connectivity index (χ4n) is 3.92. The molecule has 3 unspecified atom stereocenters. The Bertz CT molecular complexity index is 514. The molecule has 1 aromatic carbocycles. The number of hydrogen-bond acceptors (Lipinski definition) is 3. The van der Waals surface area contributed by atoms with E-state index in [4.69, 9.17) is 10.5 Å². The molecule has 1 aromatic rings. The van der Waals surface area contributed by atoms with Gasteiger partial charge in [0.1, 0.15) is 5.75 Å². The summed E-state index contributed by atoms with van der Waals surface area (Å²) < 4.78 is 5.15. The number of carbonyl (C=O) groups is 1. The van der Waals surface area contributed by atoms with Crippen LogP contribution in [0.2, 0.25) is 0 Å². The lowest BCUT2D eigenvalue weighted by molar-refractivity contribution is -0.130. The van der Waals surface area contributed by atoms with E-state index in [0.29, 0.717) is 18.3 Å². The van der Waals surface area contributed by atoms with Crippen LogP contribution in [0.25, 0.3) is 0 Å². The second-order valence-electron chi connectivity index (χ2n) is 6.67. The Kier molecular flexibility index (Phi) is 4.67. The number of hydrogen-bond donors (Lipinski definition) is 1. The van der Waals surface area contributed by atoms with Gasteiger partial charge >= 0.3 is 0 Å². The van der Waals surface area contributed by atoms with Gasteiger partial charge in [0.15, 0.2) is 0 Å². The van der Waals surface area contributed by atoms with Crippen molar-refractivity contribution in [1.29, 1.82) is 0 Å². The van der Waals surface area contributed by atoms with E-state index < -0.39 is 0 Å². The molecule has 2 fully saturated rings. The maximum absolute atomic E-state index is 12.5. The van der Waals surface area contributed by atoms with Gasteiger partial charge in [-0.2, -0.15) is 0 Å². The molecular weight excluding hydrogens is 276 g/mol. The normalized spacial score (nSPS) is 27.5. The van der Waals surface area contributed by atoms with E-state index in [1.54, 1.807) is 7.11 Å². The van der Waals surface area contributed by atoms with Crippen molar-refractivity contribution in [3.8, 4) is 5.75 Å². The molecule has 2 aliphatic rings. The van der Waals surface area contributed by atoms with E-state index >= 15 is 0 Å². The Morgan fingerprint density at radius 1 is 1.27 bits per heavy atom. The number of fused-ring (bicyclic) bond motifs is 1. The minimum absolute atomic E-state index is 0.275. The largest absolute Gasteiger partial charge is 0.497 e. The standard InChI is InChI=1S/C18H26N2O2/c1-22-15-8-5-13(6-9-15)7-10-18(21)20-11-14-3-2-4-17(19)16(14)12-20/h5-6,8-9,14,16-17H,2-4,7,10-12,19H2,1H3. The number of benzene rings is 1. The van der Waals surface area contributed by atoms with Crippen LogP contribution in [0, 0.1) is 11.8 Å². The molecule has 4 nitrogen and oxygen atoms in total. The van der Waals surface area contributed by atoms with Gasteiger partial charge in [-0.25, -0.2) is 0 Å². The number of aryl methyl sites for hydroxylation is 1. The van der Waals surface area contributed by atoms with E-state index in [0.717, 1.165) is 31.7 Å². The Labute approximate surface area is 132 Å². The average Bonchev–Trinajstić information content (AvgIpc) is 2.99. The van der Waals surface area contributed by atoms with Crippen LogP contribution in [0.1, 0.15) is 31.2 Å². The first kappa shape index (κ1) is 15.3. The van der Waals surface area contributed by atoms with E-state index in [-0.39, 0.29) is 11.9 Å². The zero-order chi connectivity index (χ0) is 15.5. The van der Waals surface area contributed by atoms with E-state index in [1.807, 2.05) is 29.2 Å². The fourth-order valence-corrected chi connectivity index (χ4v) is 3.92. The summed E-state index contributed by atoms with van der Waals surface area (Å²) >= 11 is 0. The molecule has 0 radical (unpaired) electrons. The zero-order valence-electron chi connectivity index (χ0n) is 13.3. The van der Waals surface area contributed by atoms with Crippen molar-refractivity contribution in [1.82, 2.24) is 4.90 Å². The second kappa shape index (κ2) is 6.69. The predicted molar refractivity (Wildman–Crippen MR) is 86.7 cm³/mol. The summed E-state index contributed by atoms with van der Waals surface area (Å²) in [6.45, 7) is 1.78. The van der Waals surface area contributed by atoms with E-state index in [2.05, 4.69) is 0 Å². The molecule has 0 spiro atoms. The maximum Gasteiger partial charge on any atom is 0.222 e. The van der Waals surface area contributed by atoms with Crippen molar-refractivity contribution >= 4 is 5.91 Å². The molecule has 3 atom stereocenters. The van der Waals surface area contributed by atoms with Gasteiger partial charge in [0.05, 0.1) is 7.11 Å². The maximum atomic E-state index is 12.5. The van der Waals surface area contributed by atoms with Crippen molar-refractivity contribution in [3.05, 3.63) is 29.8 Å². The number of carbonyl (C=O) groups excluding carboxylic acids is 1. The molecule has 1 saturated heterocycles. The van der Waals surface area contributed by atoms with Gasteiger partial charge in [-0.15, -0.1) is 0 Å². The molecule has 120 valence electrons. The van der Waals surface area contributed by atoms with Crippen LogP contribution in [0.4, 0.5) is 0 Å². The van der Waals surface area contributed by atoms with E-state index in [1.165, 1.54) is 18.4 Å². The lowest BCUT2D eigenvalue weighted by Gasteiger charge is -2.29. The summed E-state index contributed by atoms with van der Waals surface area (Å²) in [6.07, 6.45) is 4.95. The zero-order valence-corrected chi connectivity index (χ0v) is 13.3. The summed E-state index contributed by atoms with van der Waals surface area (Å²) in [7, 11) is 1.66. The minimum atomic E-state index is 0.275. The lowest BCUT2D eigenvalue weighted by Crippen LogP contribution is -2.38. The molecule has 22 heavy (non-hydrogen) atoms. The number of likely N-dealkylation sites (tertiary alicyclic amines) is 1. The van der Waals surface area contributed by atoms with Gasteiger partial charge in [0.25, 0.3) is 0 Å². The van der Waals surface area contributed by atoms with Crippen molar-refractivity contribution in [2.75, 3.05) is 20.2 Å². The molecule has 4 heteroatoms. The van der Waals surface area contributed by atoms with Gasteiger partial charge < -0.3 is 15.4 Å². The molecule has 2 N–H and O–H groups in total. The van der Waals surface area contributed by atoms with Crippen molar-refractivity contribution < 1.29 is 9.53 Å². The Morgan fingerprint density at radius 2 is 2.05 bits per heavy atom. The highest BCUT2D eigenvalue weighted by atomic mass is 16.5.